The molecule has 1 saturated heterocycles. The molecule has 2 aromatic rings. The van der Waals surface area contributed by atoms with Crippen molar-refractivity contribution in [3.8, 4) is 0 Å². The minimum atomic E-state index is -3.51. The van der Waals surface area contributed by atoms with Gasteiger partial charge < -0.3 is 10.2 Å². The first-order valence-corrected chi connectivity index (χ1v) is 12.7. The van der Waals surface area contributed by atoms with Crippen molar-refractivity contribution in [1.82, 2.24) is 9.62 Å². The van der Waals surface area contributed by atoms with Gasteiger partial charge in [-0.2, -0.15) is 4.31 Å². The Balaban J connectivity index is 1.59. The van der Waals surface area contributed by atoms with Crippen molar-refractivity contribution in [2.45, 2.75) is 39.3 Å². The zero-order valence-corrected chi connectivity index (χ0v) is 19.4. The minimum absolute atomic E-state index is 0.171. The summed E-state index contributed by atoms with van der Waals surface area (Å²) in [5.41, 5.74) is 3.05. The molecule has 1 fully saturated rings. The number of hydrogen-bond acceptors (Lipinski definition) is 4. The van der Waals surface area contributed by atoms with Crippen molar-refractivity contribution in [1.29, 1.82) is 0 Å². The third kappa shape index (κ3) is 6.80. The zero-order chi connectivity index (χ0) is 22.4. The molecule has 1 aliphatic heterocycles. The minimum Gasteiger partial charge on any atom is -0.371 e. The third-order valence-corrected chi connectivity index (χ3v) is 6.98. The van der Waals surface area contributed by atoms with Crippen LogP contribution in [0.1, 0.15) is 43.9 Å². The Morgan fingerprint density at radius 2 is 1.84 bits per heavy atom. The molecule has 31 heavy (non-hydrogen) atoms. The van der Waals surface area contributed by atoms with Crippen LogP contribution < -0.4 is 10.2 Å². The quantitative estimate of drug-likeness (QED) is 0.677. The van der Waals surface area contributed by atoms with Gasteiger partial charge in [0.25, 0.3) is 0 Å². The number of anilines is 1. The maximum Gasteiger partial charge on any atom is 0.235 e. The van der Waals surface area contributed by atoms with Gasteiger partial charge in [-0.25, -0.2) is 8.42 Å². The number of sulfonamides is 1. The summed E-state index contributed by atoms with van der Waals surface area (Å²) in [6, 6.07) is 17.4. The predicted octanol–water partition coefficient (Wildman–Crippen LogP) is 3.56. The lowest BCUT2D eigenvalue weighted by Gasteiger charge is -2.33. The number of nitrogens with one attached hydrogen (secondary N) is 1. The average Bonchev–Trinajstić information content (AvgIpc) is 2.73. The van der Waals surface area contributed by atoms with Gasteiger partial charge in [0, 0.05) is 25.3 Å². The van der Waals surface area contributed by atoms with Gasteiger partial charge in [-0.05, 0) is 48.9 Å². The molecule has 2 atom stereocenters. The second-order valence-electron chi connectivity index (χ2n) is 8.59. The summed E-state index contributed by atoms with van der Waals surface area (Å²) in [6.45, 7) is 6.33. The zero-order valence-electron chi connectivity index (χ0n) is 18.6. The van der Waals surface area contributed by atoms with Crippen molar-refractivity contribution < 1.29 is 13.2 Å². The fourth-order valence-corrected chi connectivity index (χ4v) is 4.74. The highest BCUT2D eigenvalue weighted by atomic mass is 32.2. The van der Waals surface area contributed by atoms with E-state index >= 15 is 0 Å². The van der Waals surface area contributed by atoms with Crippen LogP contribution in [-0.4, -0.2) is 44.5 Å². The van der Waals surface area contributed by atoms with Crippen LogP contribution in [0.3, 0.4) is 0 Å². The number of rotatable bonds is 8. The van der Waals surface area contributed by atoms with E-state index in [4.69, 9.17) is 0 Å². The monoisotopic (exact) mass is 443 g/mol. The molecule has 6 nitrogen and oxygen atoms in total. The summed E-state index contributed by atoms with van der Waals surface area (Å²) in [4.78, 5) is 15.0. The van der Waals surface area contributed by atoms with E-state index in [1.165, 1.54) is 22.8 Å². The normalized spacial score (nSPS) is 18.1. The topological polar surface area (TPSA) is 69.7 Å². The Labute approximate surface area is 186 Å². The predicted molar refractivity (Wildman–Crippen MR) is 125 cm³/mol. The number of nitrogens with zero attached hydrogens (tertiary/aromatic N) is 2. The molecular formula is C24H33N3O3S. The van der Waals surface area contributed by atoms with Gasteiger partial charge in [0.15, 0.2) is 0 Å². The fraction of sp³-hybridized carbons (Fsp3) is 0.458. The molecule has 1 amide bonds. The Morgan fingerprint density at radius 1 is 1.16 bits per heavy atom. The van der Waals surface area contributed by atoms with E-state index in [9.17, 15) is 13.2 Å². The van der Waals surface area contributed by atoms with Crippen LogP contribution in [0.15, 0.2) is 54.6 Å². The molecule has 1 heterocycles. The summed E-state index contributed by atoms with van der Waals surface area (Å²) in [7, 11) is -3.51. The SMILES string of the molecule is C[C@H]1CCCN(c2ccc([C@H](C)NC(=O)CN(Cc3ccccc3)S(C)(=O)=O)cc2)C1. The summed E-state index contributed by atoms with van der Waals surface area (Å²) in [6.07, 6.45) is 3.63. The van der Waals surface area contributed by atoms with Crippen molar-refractivity contribution in [3.63, 3.8) is 0 Å². The molecule has 0 radical (unpaired) electrons. The molecule has 7 heteroatoms. The number of amides is 1. The lowest BCUT2D eigenvalue weighted by molar-refractivity contribution is -0.122. The number of piperidine rings is 1. The first-order valence-electron chi connectivity index (χ1n) is 10.9. The smallest absolute Gasteiger partial charge is 0.235 e. The molecule has 2 aromatic carbocycles. The summed E-state index contributed by atoms with van der Waals surface area (Å²) in [5, 5.41) is 2.93. The lowest BCUT2D eigenvalue weighted by Crippen LogP contribution is -2.40. The van der Waals surface area contributed by atoms with E-state index < -0.39 is 10.0 Å². The van der Waals surface area contributed by atoms with E-state index in [1.807, 2.05) is 49.4 Å². The Hall–Kier alpha value is -2.38. The highest BCUT2D eigenvalue weighted by Crippen LogP contribution is 2.24. The lowest BCUT2D eigenvalue weighted by atomic mass is 9.99. The van der Waals surface area contributed by atoms with E-state index in [0.29, 0.717) is 5.92 Å². The van der Waals surface area contributed by atoms with Crippen molar-refractivity contribution in [3.05, 3.63) is 65.7 Å². The van der Waals surface area contributed by atoms with Crippen molar-refractivity contribution in [2.24, 2.45) is 5.92 Å². The van der Waals surface area contributed by atoms with Crippen LogP contribution in [0.5, 0.6) is 0 Å². The average molecular weight is 444 g/mol. The third-order valence-electron chi connectivity index (χ3n) is 5.78. The van der Waals surface area contributed by atoms with Gasteiger partial charge in [0.2, 0.25) is 15.9 Å². The largest absolute Gasteiger partial charge is 0.371 e. The summed E-state index contributed by atoms with van der Waals surface area (Å²) in [5.74, 6) is 0.392. The molecular weight excluding hydrogens is 410 g/mol. The summed E-state index contributed by atoms with van der Waals surface area (Å²) >= 11 is 0. The second kappa shape index (κ2) is 10.3. The molecule has 0 bridgehead atoms. The van der Waals surface area contributed by atoms with Gasteiger partial charge in [-0.15, -0.1) is 0 Å². The molecule has 3 rings (SSSR count). The molecule has 0 saturated carbocycles. The van der Waals surface area contributed by atoms with Crippen LogP contribution in [0.25, 0.3) is 0 Å². The van der Waals surface area contributed by atoms with E-state index in [-0.39, 0.29) is 25.0 Å². The number of carbonyl (C=O) groups excluding carboxylic acids is 1. The van der Waals surface area contributed by atoms with Crippen LogP contribution in [0.4, 0.5) is 5.69 Å². The van der Waals surface area contributed by atoms with Crippen molar-refractivity contribution >= 4 is 21.6 Å². The number of hydrogen-bond donors (Lipinski definition) is 1. The van der Waals surface area contributed by atoms with Gasteiger partial charge in [0.1, 0.15) is 0 Å². The number of carbonyl (C=O) groups is 1. The van der Waals surface area contributed by atoms with E-state index in [1.54, 1.807) is 0 Å². The van der Waals surface area contributed by atoms with Crippen LogP contribution in [0.2, 0.25) is 0 Å². The van der Waals surface area contributed by atoms with Crippen LogP contribution in [-0.2, 0) is 21.4 Å². The molecule has 168 valence electrons. The highest BCUT2D eigenvalue weighted by molar-refractivity contribution is 7.88. The Morgan fingerprint density at radius 3 is 2.45 bits per heavy atom. The molecule has 0 aromatic heterocycles. The van der Waals surface area contributed by atoms with Crippen molar-refractivity contribution in [2.75, 3.05) is 30.8 Å². The fourth-order valence-electron chi connectivity index (χ4n) is 4.01. The maximum absolute atomic E-state index is 12.6. The van der Waals surface area contributed by atoms with Gasteiger partial charge >= 0.3 is 0 Å². The van der Waals surface area contributed by atoms with Gasteiger partial charge in [-0.3, -0.25) is 4.79 Å². The van der Waals surface area contributed by atoms with Gasteiger partial charge in [0.05, 0.1) is 18.8 Å². The molecule has 0 aliphatic carbocycles. The molecule has 1 N–H and O–H groups in total. The first kappa shape index (κ1) is 23.3. The Bertz CT molecular complexity index is 961. The first-order chi connectivity index (χ1) is 14.7. The molecule has 0 unspecified atom stereocenters. The number of benzene rings is 2. The van der Waals surface area contributed by atoms with Crippen LogP contribution >= 0.6 is 0 Å². The second-order valence-corrected chi connectivity index (χ2v) is 10.6. The standard InChI is InChI=1S/C24H33N3O3S/c1-19-8-7-15-26(16-19)23-13-11-22(12-14-23)20(2)25-24(28)18-27(31(3,29)30)17-21-9-5-4-6-10-21/h4-6,9-14,19-20H,7-8,15-18H2,1-3H3,(H,25,28)/t19-,20-/m0/s1. The highest BCUT2D eigenvalue weighted by Gasteiger charge is 2.22. The van der Waals surface area contributed by atoms with Gasteiger partial charge in [-0.1, -0.05) is 49.4 Å². The Kier molecular flexibility index (Phi) is 7.73. The molecule has 1 aliphatic rings. The van der Waals surface area contributed by atoms with Crippen LogP contribution in [0, 0.1) is 5.92 Å². The van der Waals surface area contributed by atoms with E-state index in [0.717, 1.165) is 30.5 Å². The maximum atomic E-state index is 12.6. The summed E-state index contributed by atoms with van der Waals surface area (Å²) < 4.78 is 25.6. The van der Waals surface area contributed by atoms with E-state index in [2.05, 4.69) is 29.3 Å². The molecule has 0 spiro atoms.